The van der Waals surface area contributed by atoms with Crippen LogP contribution in [-0.4, -0.2) is 25.5 Å². The largest absolute Gasteiger partial charge is 0.497 e. The van der Waals surface area contributed by atoms with Gasteiger partial charge in [0.15, 0.2) is 6.61 Å². The summed E-state index contributed by atoms with van der Waals surface area (Å²) >= 11 is 6.82. The SMILES string of the molecule is COc1ccc(NC(=O)/C(C#N)=C\c2cc(Br)cc(Br)c2OCC(=O)Nc2ccccc2)cc1. The van der Waals surface area contributed by atoms with Gasteiger partial charge >= 0.3 is 0 Å². The topological polar surface area (TPSA) is 100 Å². The van der Waals surface area contributed by atoms with Gasteiger partial charge in [0, 0.05) is 21.4 Å². The average Bonchev–Trinajstić information content (AvgIpc) is 2.82. The third-order valence-electron chi connectivity index (χ3n) is 4.46. The van der Waals surface area contributed by atoms with Crippen LogP contribution in [0.4, 0.5) is 11.4 Å². The molecular formula is C25H19Br2N3O4. The minimum absolute atomic E-state index is 0.139. The molecule has 3 rings (SSSR count). The Morgan fingerprint density at radius 2 is 1.68 bits per heavy atom. The minimum atomic E-state index is -0.587. The van der Waals surface area contributed by atoms with E-state index in [1.807, 2.05) is 24.3 Å². The maximum atomic E-state index is 12.7. The molecule has 0 aliphatic heterocycles. The first-order valence-corrected chi connectivity index (χ1v) is 11.5. The molecule has 2 amide bonds. The monoisotopic (exact) mass is 583 g/mol. The molecule has 0 aliphatic carbocycles. The number of para-hydroxylation sites is 1. The van der Waals surface area contributed by atoms with Gasteiger partial charge in [0.2, 0.25) is 0 Å². The van der Waals surface area contributed by atoms with Crippen molar-refractivity contribution in [3.63, 3.8) is 0 Å². The first kappa shape index (κ1) is 25.0. The normalized spacial score (nSPS) is 10.7. The number of amides is 2. The fraction of sp³-hybridized carbons (Fsp3) is 0.0800. The van der Waals surface area contributed by atoms with Crippen molar-refractivity contribution in [2.45, 2.75) is 0 Å². The lowest BCUT2D eigenvalue weighted by atomic mass is 10.1. The van der Waals surface area contributed by atoms with Gasteiger partial charge in [-0.1, -0.05) is 34.1 Å². The van der Waals surface area contributed by atoms with Crippen molar-refractivity contribution in [3.8, 4) is 17.6 Å². The lowest BCUT2D eigenvalue weighted by Crippen LogP contribution is -2.20. The summed E-state index contributed by atoms with van der Waals surface area (Å²) in [6, 6.07) is 21.1. The van der Waals surface area contributed by atoms with Crippen molar-refractivity contribution >= 4 is 61.1 Å². The third kappa shape index (κ3) is 6.94. The van der Waals surface area contributed by atoms with Crippen LogP contribution in [0.1, 0.15) is 5.56 Å². The molecule has 0 heterocycles. The van der Waals surface area contributed by atoms with E-state index >= 15 is 0 Å². The van der Waals surface area contributed by atoms with Gasteiger partial charge < -0.3 is 20.1 Å². The van der Waals surface area contributed by atoms with Crippen LogP contribution < -0.4 is 20.1 Å². The number of benzene rings is 3. The summed E-state index contributed by atoms with van der Waals surface area (Å²) in [5.41, 5.74) is 1.46. The first-order chi connectivity index (χ1) is 16.4. The molecule has 0 fully saturated rings. The number of hydrogen-bond donors (Lipinski definition) is 2. The second-order valence-corrected chi connectivity index (χ2v) is 8.63. The second-order valence-electron chi connectivity index (χ2n) is 6.86. The van der Waals surface area contributed by atoms with Crippen LogP contribution in [0.3, 0.4) is 0 Å². The Bertz CT molecular complexity index is 1250. The van der Waals surface area contributed by atoms with Crippen molar-refractivity contribution in [1.82, 2.24) is 0 Å². The van der Waals surface area contributed by atoms with Gasteiger partial charge in [-0.15, -0.1) is 0 Å². The molecule has 0 atom stereocenters. The summed E-state index contributed by atoms with van der Waals surface area (Å²) in [5.74, 6) is 0.0211. The highest BCUT2D eigenvalue weighted by atomic mass is 79.9. The number of anilines is 2. The van der Waals surface area contributed by atoms with Crippen LogP contribution in [0.25, 0.3) is 6.08 Å². The number of ether oxygens (including phenoxy) is 2. The third-order valence-corrected chi connectivity index (χ3v) is 5.50. The van der Waals surface area contributed by atoms with E-state index in [-0.39, 0.29) is 18.1 Å². The highest BCUT2D eigenvalue weighted by Crippen LogP contribution is 2.34. The van der Waals surface area contributed by atoms with Gasteiger partial charge in [-0.25, -0.2) is 0 Å². The van der Waals surface area contributed by atoms with Crippen molar-refractivity contribution < 1.29 is 19.1 Å². The molecule has 0 saturated carbocycles. The lowest BCUT2D eigenvalue weighted by molar-refractivity contribution is -0.118. The first-order valence-electron chi connectivity index (χ1n) is 9.93. The molecule has 3 aromatic carbocycles. The Hall–Kier alpha value is -3.61. The van der Waals surface area contributed by atoms with Crippen LogP contribution in [0.2, 0.25) is 0 Å². The summed E-state index contributed by atoms with van der Waals surface area (Å²) in [5, 5.41) is 15.0. The van der Waals surface area contributed by atoms with Gasteiger partial charge in [-0.05, 0) is 70.5 Å². The zero-order valence-corrected chi connectivity index (χ0v) is 21.1. The molecule has 0 aliphatic rings. The fourth-order valence-corrected chi connectivity index (χ4v) is 4.25. The fourth-order valence-electron chi connectivity index (χ4n) is 2.87. The van der Waals surface area contributed by atoms with Crippen LogP contribution >= 0.6 is 31.9 Å². The second kappa shape index (κ2) is 12.0. The number of nitriles is 1. The van der Waals surface area contributed by atoms with E-state index in [0.717, 1.165) is 0 Å². The molecule has 2 N–H and O–H groups in total. The summed E-state index contributed by atoms with van der Waals surface area (Å²) in [6.07, 6.45) is 1.40. The van der Waals surface area contributed by atoms with E-state index in [1.165, 1.54) is 6.08 Å². The minimum Gasteiger partial charge on any atom is -0.497 e. The number of carbonyl (C=O) groups excluding carboxylic acids is 2. The molecule has 172 valence electrons. The average molecular weight is 585 g/mol. The summed E-state index contributed by atoms with van der Waals surface area (Å²) in [6.45, 7) is -0.268. The van der Waals surface area contributed by atoms with E-state index in [2.05, 4.69) is 42.5 Å². The van der Waals surface area contributed by atoms with Gasteiger partial charge in [0.1, 0.15) is 23.1 Å². The molecule has 0 unspecified atom stereocenters. The molecule has 0 radical (unpaired) electrons. The molecule has 0 aromatic heterocycles. The maximum Gasteiger partial charge on any atom is 0.266 e. The number of nitrogens with zero attached hydrogens (tertiary/aromatic N) is 1. The maximum absolute atomic E-state index is 12.7. The predicted octanol–water partition coefficient (Wildman–Crippen LogP) is 5.78. The molecule has 34 heavy (non-hydrogen) atoms. The Labute approximate surface area is 213 Å². The number of rotatable bonds is 8. The molecule has 0 saturated heterocycles. The van der Waals surface area contributed by atoms with E-state index in [1.54, 1.807) is 55.6 Å². The highest BCUT2D eigenvalue weighted by molar-refractivity contribution is 9.11. The summed E-state index contributed by atoms with van der Waals surface area (Å²) in [4.78, 5) is 25.0. The van der Waals surface area contributed by atoms with Gasteiger partial charge in [-0.2, -0.15) is 5.26 Å². The Balaban J connectivity index is 1.79. The number of halogens is 2. The highest BCUT2D eigenvalue weighted by Gasteiger charge is 2.15. The molecule has 9 heteroatoms. The number of hydrogen-bond acceptors (Lipinski definition) is 5. The lowest BCUT2D eigenvalue weighted by Gasteiger charge is -2.13. The molecule has 7 nitrogen and oxygen atoms in total. The quantitative estimate of drug-likeness (QED) is 0.258. The van der Waals surface area contributed by atoms with Crippen LogP contribution in [0.5, 0.6) is 11.5 Å². The number of carbonyl (C=O) groups is 2. The van der Waals surface area contributed by atoms with Gasteiger partial charge in [0.05, 0.1) is 11.6 Å². The summed E-state index contributed by atoms with van der Waals surface area (Å²) < 4.78 is 12.1. The van der Waals surface area contributed by atoms with E-state index in [0.29, 0.717) is 37.4 Å². The Morgan fingerprint density at radius 1 is 1.00 bits per heavy atom. The standard InChI is InChI=1S/C25H19Br2N3O4/c1-33-21-9-7-20(8-10-21)30-25(32)17(14-28)11-16-12-18(26)13-22(27)24(16)34-15-23(31)29-19-5-3-2-4-6-19/h2-13H,15H2,1H3,(H,29,31)(H,30,32)/b17-11-. The van der Waals surface area contributed by atoms with Gasteiger partial charge in [-0.3, -0.25) is 9.59 Å². The van der Waals surface area contributed by atoms with E-state index in [9.17, 15) is 14.9 Å². The smallest absolute Gasteiger partial charge is 0.266 e. The van der Waals surface area contributed by atoms with E-state index < -0.39 is 5.91 Å². The van der Waals surface area contributed by atoms with Crippen molar-refractivity contribution in [2.75, 3.05) is 24.4 Å². The molecular weight excluding hydrogens is 566 g/mol. The zero-order valence-electron chi connectivity index (χ0n) is 18.0. The van der Waals surface area contributed by atoms with E-state index in [4.69, 9.17) is 9.47 Å². The summed E-state index contributed by atoms with van der Waals surface area (Å²) in [7, 11) is 1.55. The number of nitrogens with one attached hydrogen (secondary N) is 2. The Kier molecular flexibility index (Phi) is 8.85. The van der Waals surface area contributed by atoms with Gasteiger partial charge in [0.25, 0.3) is 11.8 Å². The Morgan fingerprint density at radius 3 is 2.32 bits per heavy atom. The zero-order chi connectivity index (χ0) is 24.5. The predicted molar refractivity (Wildman–Crippen MR) is 138 cm³/mol. The molecule has 0 spiro atoms. The molecule has 0 bridgehead atoms. The number of methoxy groups -OCH3 is 1. The van der Waals surface area contributed by atoms with Crippen molar-refractivity contribution in [3.05, 3.63) is 86.8 Å². The van der Waals surface area contributed by atoms with Crippen molar-refractivity contribution in [2.24, 2.45) is 0 Å². The van der Waals surface area contributed by atoms with Crippen molar-refractivity contribution in [1.29, 1.82) is 5.26 Å². The molecule has 3 aromatic rings. The van der Waals surface area contributed by atoms with Crippen LogP contribution in [0, 0.1) is 11.3 Å². The van der Waals surface area contributed by atoms with Crippen LogP contribution in [-0.2, 0) is 9.59 Å². The van der Waals surface area contributed by atoms with Crippen LogP contribution in [0.15, 0.2) is 81.2 Å².